The number of nitrogens with one attached hydrogen (secondary N) is 2. The van der Waals surface area contributed by atoms with Crippen LogP contribution in [0.5, 0.6) is 0 Å². The van der Waals surface area contributed by atoms with Crippen LogP contribution in [-0.4, -0.2) is 31.2 Å². The molecule has 0 atom stereocenters. The average molecular weight is 481 g/mol. The van der Waals surface area contributed by atoms with Gasteiger partial charge in [-0.25, -0.2) is 18.4 Å². The summed E-state index contributed by atoms with van der Waals surface area (Å²) in [5.41, 5.74) is 4.00. The molecule has 2 aromatic heterocycles. The second kappa shape index (κ2) is 9.89. The normalized spacial score (nSPS) is 11.6. The number of anilines is 2. The van der Waals surface area contributed by atoms with Crippen LogP contribution in [-0.2, 0) is 22.9 Å². The highest BCUT2D eigenvalue weighted by Gasteiger charge is 2.09. The van der Waals surface area contributed by atoms with E-state index in [1.54, 1.807) is 23.5 Å². The zero-order valence-electron chi connectivity index (χ0n) is 19.1. The molecule has 0 aliphatic rings. The van der Waals surface area contributed by atoms with Gasteiger partial charge in [0.05, 0.1) is 11.6 Å². The van der Waals surface area contributed by atoms with Crippen LogP contribution in [0.1, 0.15) is 29.6 Å². The molecule has 0 saturated carbocycles. The van der Waals surface area contributed by atoms with Gasteiger partial charge in [0.15, 0.2) is 0 Å². The molecule has 0 bridgehead atoms. The summed E-state index contributed by atoms with van der Waals surface area (Å²) in [7, 11) is -3.26. The molecule has 0 radical (unpaired) electrons. The Labute approximate surface area is 199 Å². The Bertz CT molecular complexity index is 1350. The molecule has 8 heteroatoms. The molecular formula is C25H28N4O2S2. The minimum absolute atomic E-state index is 0.565. The van der Waals surface area contributed by atoms with Crippen LogP contribution in [0.25, 0.3) is 21.3 Å². The number of hydrogen-bond donors (Lipinski definition) is 2. The van der Waals surface area contributed by atoms with E-state index < -0.39 is 10.0 Å². The number of thiophene rings is 1. The van der Waals surface area contributed by atoms with E-state index in [0.717, 1.165) is 65.0 Å². The molecule has 0 spiro atoms. The molecule has 0 aliphatic heterocycles. The van der Waals surface area contributed by atoms with Crippen LogP contribution in [0, 0.1) is 6.92 Å². The standard InChI is InChI=1S/C25H28N4O2S2/c1-4-23-27-24(22-16-17(2)32-25(22)28-23)26-15-5-6-18-7-9-19(10-8-18)20-11-13-21(14-12-20)29-33(3,30)31/h7-14,16,29H,4-6,15H2,1-3H3,(H,26,27,28). The highest BCUT2D eigenvalue weighted by Crippen LogP contribution is 2.28. The van der Waals surface area contributed by atoms with Crippen molar-refractivity contribution in [3.8, 4) is 11.1 Å². The van der Waals surface area contributed by atoms with Crippen molar-refractivity contribution in [2.45, 2.75) is 33.1 Å². The van der Waals surface area contributed by atoms with Crippen LogP contribution in [0.4, 0.5) is 11.5 Å². The smallest absolute Gasteiger partial charge is 0.229 e. The van der Waals surface area contributed by atoms with Gasteiger partial charge in [-0.2, -0.15) is 0 Å². The van der Waals surface area contributed by atoms with Crippen LogP contribution in [0.15, 0.2) is 54.6 Å². The molecule has 4 rings (SSSR count). The van der Waals surface area contributed by atoms with E-state index >= 15 is 0 Å². The first-order valence-electron chi connectivity index (χ1n) is 11.0. The maximum absolute atomic E-state index is 11.3. The molecule has 6 nitrogen and oxygen atoms in total. The molecule has 172 valence electrons. The highest BCUT2D eigenvalue weighted by atomic mass is 32.2. The molecule has 0 saturated heterocycles. The summed E-state index contributed by atoms with van der Waals surface area (Å²) in [5, 5.41) is 4.62. The summed E-state index contributed by atoms with van der Waals surface area (Å²) < 4.78 is 25.2. The predicted octanol–water partition coefficient (Wildman–Crippen LogP) is 5.65. The van der Waals surface area contributed by atoms with Crippen LogP contribution >= 0.6 is 11.3 Å². The Morgan fingerprint density at radius 3 is 2.27 bits per heavy atom. The van der Waals surface area contributed by atoms with Crippen LogP contribution in [0.3, 0.4) is 0 Å². The number of sulfonamides is 1. The van der Waals surface area contributed by atoms with Crippen LogP contribution < -0.4 is 10.0 Å². The molecule has 2 N–H and O–H groups in total. The van der Waals surface area contributed by atoms with Gasteiger partial charge in [-0.3, -0.25) is 4.72 Å². The maximum Gasteiger partial charge on any atom is 0.229 e. The Morgan fingerprint density at radius 2 is 1.64 bits per heavy atom. The second-order valence-corrected chi connectivity index (χ2v) is 11.1. The largest absolute Gasteiger partial charge is 0.369 e. The Balaban J connectivity index is 1.34. The number of hydrogen-bond acceptors (Lipinski definition) is 6. The minimum Gasteiger partial charge on any atom is -0.369 e. The number of rotatable bonds is 9. The van der Waals surface area contributed by atoms with Gasteiger partial charge in [-0.1, -0.05) is 43.3 Å². The fourth-order valence-electron chi connectivity index (χ4n) is 3.69. The van der Waals surface area contributed by atoms with Crippen molar-refractivity contribution in [1.29, 1.82) is 0 Å². The third kappa shape index (κ3) is 6.09. The Morgan fingerprint density at radius 1 is 0.970 bits per heavy atom. The van der Waals surface area contributed by atoms with Gasteiger partial charge < -0.3 is 5.32 Å². The lowest BCUT2D eigenvalue weighted by Crippen LogP contribution is -2.09. The molecule has 4 aromatic rings. The van der Waals surface area contributed by atoms with E-state index in [1.165, 1.54) is 10.4 Å². The van der Waals surface area contributed by atoms with E-state index in [9.17, 15) is 8.42 Å². The summed E-state index contributed by atoms with van der Waals surface area (Å²) in [5.74, 6) is 1.81. The SMILES string of the molecule is CCc1nc(NCCCc2ccc(-c3ccc(NS(C)(=O)=O)cc3)cc2)c2cc(C)sc2n1. The molecule has 0 fully saturated rings. The van der Waals surface area contributed by atoms with Gasteiger partial charge in [0.1, 0.15) is 16.5 Å². The second-order valence-electron chi connectivity index (χ2n) is 8.10. The quantitative estimate of drug-likeness (QED) is 0.303. The zero-order valence-corrected chi connectivity index (χ0v) is 20.7. The topological polar surface area (TPSA) is 84.0 Å². The summed E-state index contributed by atoms with van der Waals surface area (Å²) in [6, 6.07) is 18.1. The van der Waals surface area contributed by atoms with Crippen LogP contribution in [0.2, 0.25) is 0 Å². The first-order chi connectivity index (χ1) is 15.8. The Hall–Kier alpha value is -2.97. The molecule has 0 amide bonds. The Kier molecular flexibility index (Phi) is 6.95. The predicted molar refractivity (Wildman–Crippen MR) is 139 cm³/mol. The summed E-state index contributed by atoms with van der Waals surface area (Å²) in [4.78, 5) is 11.6. The molecule has 33 heavy (non-hydrogen) atoms. The van der Waals surface area contributed by atoms with Crippen molar-refractivity contribution >= 4 is 43.1 Å². The average Bonchev–Trinajstić information content (AvgIpc) is 3.16. The first-order valence-corrected chi connectivity index (χ1v) is 13.7. The maximum atomic E-state index is 11.3. The van der Waals surface area contributed by atoms with Crippen molar-refractivity contribution in [2.24, 2.45) is 0 Å². The molecule has 0 unspecified atom stereocenters. The van der Waals surface area contributed by atoms with Gasteiger partial charge in [0.2, 0.25) is 10.0 Å². The monoisotopic (exact) mass is 480 g/mol. The van der Waals surface area contributed by atoms with E-state index in [1.807, 2.05) is 12.1 Å². The molecule has 2 aromatic carbocycles. The first kappa shape index (κ1) is 23.2. The summed E-state index contributed by atoms with van der Waals surface area (Å²) in [6.07, 6.45) is 3.95. The third-order valence-corrected chi connectivity index (χ3v) is 6.84. The van der Waals surface area contributed by atoms with Crippen molar-refractivity contribution in [3.63, 3.8) is 0 Å². The van der Waals surface area contributed by atoms with E-state index in [2.05, 4.69) is 59.2 Å². The van der Waals surface area contributed by atoms with Crippen molar-refractivity contribution in [2.75, 3.05) is 22.8 Å². The van der Waals surface area contributed by atoms with Gasteiger partial charge >= 0.3 is 0 Å². The number of aromatic nitrogens is 2. The fourth-order valence-corrected chi connectivity index (χ4v) is 5.15. The summed E-state index contributed by atoms with van der Waals surface area (Å²) >= 11 is 1.71. The number of nitrogens with zero attached hydrogens (tertiary/aromatic N) is 2. The van der Waals surface area contributed by atoms with E-state index in [-0.39, 0.29) is 0 Å². The zero-order chi connectivity index (χ0) is 23.4. The number of fused-ring (bicyclic) bond motifs is 1. The van der Waals surface area contributed by atoms with Gasteiger partial charge in [0, 0.05) is 23.5 Å². The van der Waals surface area contributed by atoms with Gasteiger partial charge in [0.25, 0.3) is 0 Å². The van der Waals surface area contributed by atoms with E-state index in [4.69, 9.17) is 4.98 Å². The van der Waals surface area contributed by atoms with E-state index in [0.29, 0.717) is 5.69 Å². The molecular weight excluding hydrogens is 452 g/mol. The highest BCUT2D eigenvalue weighted by molar-refractivity contribution is 7.92. The van der Waals surface area contributed by atoms with Gasteiger partial charge in [-0.05, 0) is 54.7 Å². The lowest BCUT2D eigenvalue weighted by Gasteiger charge is -2.09. The van der Waals surface area contributed by atoms with Gasteiger partial charge in [-0.15, -0.1) is 11.3 Å². The molecule has 2 heterocycles. The molecule has 0 aliphatic carbocycles. The lowest BCUT2D eigenvalue weighted by molar-refractivity contribution is 0.607. The van der Waals surface area contributed by atoms with Crippen molar-refractivity contribution < 1.29 is 8.42 Å². The number of aryl methyl sites for hydroxylation is 3. The van der Waals surface area contributed by atoms with Crippen molar-refractivity contribution in [3.05, 3.63) is 70.9 Å². The fraction of sp³-hybridized carbons (Fsp3) is 0.280. The number of benzene rings is 2. The third-order valence-electron chi connectivity index (χ3n) is 5.29. The van der Waals surface area contributed by atoms with Crippen molar-refractivity contribution in [1.82, 2.24) is 9.97 Å². The summed E-state index contributed by atoms with van der Waals surface area (Å²) in [6.45, 7) is 5.03. The minimum atomic E-state index is -3.26. The lowest BCUT2D eigenvalue weighted by atomic mass is 10.0.